The van der Waals surface area contributed by atoms with Gasteiger partial charge in [0.25, 0.3) is 5.91 Å². The van der Waals surface area contributed by atoms with E-state index in [1.165, 1.54) is 29.0 Å². The van der Waals surface area contributed by atoms with Crippen LogP contribution in [0.2, 0.25) is 0 Å². The molecule has 1 aromatic heterocycles. The lowest BCUT2D eigenvalue weighted by atomic mass is 10.1. The molecule has 2 aromatic carbocycles. The van der Waals surface area contributed by atoms with E-state index in [0.29, 0.717) is 11.3 Å². The largest absolute Gasteiger partial charge is 0.316 e. The Kier molecular flexibility index (Phi) is 4.95. The molecule has 0 saturated carbocycles. The first kappa shape index (κ1) is 17.3. The van der Waals surface area contributed by atoms with Crippen molar-refractivity contribution in [3.8, 4) is 11.3 Å². The number of hydrogen-bond donors (Lipinski definition) is 0. The highest BCUT2D eigenvalue weighted by Gasteiger charge is 2.14. The molecule has 0 aliphatic rings. The molecule has 3 nitrogen and oxygen atoms in total. The maximum absolute atomic E-state index is 13.8. The molecule has 0 aliphatic carbocycles. The number of amides is 1. The van der Waals surface area contributed by atoms with Crippen molar-refractivity contribution in [2.45, 2.75) is 27.3 Å². The normalized spacial score (nSPS) is 11.8. The Hall–Kier alpha value is -2.53. The molecule has 0 fully saturated rings. The number of thiazole rings is 1. The summed E-state index contributed by atoms with van der Waals surface area (Å²) in [7, 11) is 0. The summed E-state index contributed by atoms with van der Waals surface area (Å²) in [6.07, 6.45) is 0. The topological polar surface area (TPSA) is 34.4 Å². The SMILES string of the molecule is CCn1c(-c2ccc(C)cc2)c(C)sc1=NC(=O)c1ccccc1F. The van der Waals surface area contributed by atoms with Gasteiger partial charge in [-0.05, 0) is 38.5 Å². The first-order chi connectivity index (χ1) is 12.0. The molecule has 0 saturated heterocycles. The minimum absolute atomic E-state index is 0.00640. The van der Waals surface area contributed by atoms with E-state index in [4.69, 9.17) is 0 Å². The van der Waals surface area contributed by atoms with Crippen LogP contribution in [0.1, 0.15) is 27.7 Å². The van der Waals surface area contributed by atoms with Crippen molar-refractivity contribution in [1.82, 2.24) is 4.57 Å². The molecule has 0 unspecified atom stereocenters. The van der Waals surface area contributed by atoms with Crippen molar-refractivity contribution in [3.63, 3.8) is 0 Å². The molecule has 0 atom stereocenters. The third-order valence-corrected chi connectivity index (χ3v) is 5.02. The van der Waals surface area contributed by atoms with Crippen LogP contribution < -0.4 is 4.80 Å². The third-order valence-electron chi connectivity index (χ3n) is 4.02. The van der Waals surface area contributed by atoms with Gasteiger partial charge in [-0.15, -0.1) is 11.3 Å². The molecule has 0 bridgehead atoms. The maximum atomic E-state index is 13.8. The highest BCUT2D eigenvalue weighted by atomic mass is 32.1. The van der Waals surface area contributed by atoms with E-state index in [1.54, 1.807) is 12.1 Å². The summed E-state index contributed by atoms with van der Waals surface area (Å²) in [4.78, 5) is 18.2. The zero-order valence-electron chi connectivity index (χ0n) is 14.4. The molecule has 0 radical (unpaired) electrons. The highest BCUT2D eigenvalue weighted by Crippen LogP contribution is 2.25. The molecule has 1 amide bonds. The Labute approximate surface area is 150 Å². The van der Waals surface area contributed by atoms with E-state index in [9.17, 15) is 9.18 Å². The number of carbonyl (C=O) groups is 1. The van der Waals surface area contributed by atoms with E-state index in [2.05, 4.69) is 29.3 Å². The van der Waals surface area contributed by atoms with Gasteiger partial charge in [0, 0.05) is 11.4 Å². The first-order valence-corrected chi connectivity index (χ1v) is 8.93. The van der Waals surface area contributed by atoms with Gasteiger partial charge in [0.15, 0.2) is 4.80 Å². The molecule has 3 aromatic rings. The van der Waals surface area contributed by atoms with E-state index < -0.39 is 11.7 Å². The first-order valence-electron chi connectivity index (χ1n) is 8.12. The van der Waals surface area contributed by atoms with E-state index in [-0.39, 0.29) is 5.56 Å². The lowest BCUT2D eigenvalue weighted by Crippen LogP contribution is -2.17. The molecular formula is C20H19FN2OS. The number of benzene rings is 2. The summed E-state index contributed by atoms with van der Waals surface area (Å²) in [5.74, 6) is -1.11. The van der Waals surface area contributed by atoms with Gasteiger partial charge < -0.3 is 4.57 Å². The van der Waals surface area contributed by atoms with Gasteiger partial charge in [-0.1, -0.05) is 42.0 Å². The average molecular weight is 354 g/mol. The summed E-state index contributed by atoms with van der Waals surface area (Å²) in [5, 5.41) is 0. The summed E-state index contributed by atoms with van der Waals surface area (Å²) in [6, 6.07) is 14.2. The summed E-state index contributed by atoms with van der Waals surface area (Å²) < 4.78 is 15.8. The van der Waals surface area contributed by atoms with Crippen molar-refractivity contribution in [3.05, 3.63) is 75.2 Å². The predicted octanol–water partition coefficient (Wildman–Crippen LogP) is 4.73. The molecule has 3 rings (SSSR count). The Morgan fingerprint density at radius 3 is 2.44 bits per heavy atom. The maximum Gasteiger partial charge on any atom is 0.282 e. The van der Waals surface area contributed by atoms with E-state index in [1.807, 2.05) is 25.3 Å². The lowest BCUT2D eigenvalue weighted by molar-refractivity contribution is 0.0994. The van der Waals surface area contributed by atoms with Crippen LogP contribution in [-0.2, 0) is 6.54 Å². The highest BCUT2D eigenvalue weighted by molar-refractivity contribution is 7.09. The second kappa shape index (κ2) is 7.15. The number of aromatic nitrogens is 1. The van der Waals surface area contributed by atoms with Crippen LogP contribution in [0.15, 0.2) is 53.5 Å². The van der Waals surface area contributed by atoms with Crippen molar-refractivity contribution >= 4 is 17.2 Å². The van der Waals surface area contributed by atoms with Gasteiger partial charge in [0.2, 0.25) is 0 Å². The second-order valence-corrected chi connectivity index (χ2v) is 6.98. The van der Waals surface area contributed by atoms with Crippen LogP contribution in [0.4, 0.5) is 4.39 Å². The number of hydrogen-bond acceptors (Lipinski definition) is 2. The summed E-state index contributed by atoms with van der Waals surface area (Å²) in [6.45, 7) is 6.75. The summed E-state index contributed by atoms with van der Waals surface area (Å²) in [5.41, 5.74) is 3.32. The number of carbonyl (C=O) groups excluding carboxylic acids is 1. The number of halogens is 1. The van der Waals surface area contributed by atoms with Crippen LogP contribution >= 0.6 is 11.3 Å². The minimum Gasteiger partial charge on any atom is -0.316 e. The standard InChI is InChI=1S/C20H19FN2OS/c1-4-23-18(15-11-9-13(2)10-12-15)14(3)25-20(23)22-19(24)16-7-5-6-8-17(16)21/h5-12H,4H2,1-3H3. The quantitative estimate of drug-likeness (QED) is 0.669. The summed E-state index contributed by atoms with van der Waals surface area (Å²) >= 11 is 1.45. The van der Waals surface area contributed by atoms with Crippen LogP contribution in [0.5, 0.6) is 0 Å². The Bertz CT molecular complexity index is 984. The fraction of sp³-hybridized carbons (Fsp3) is 0.200. The zero-order valence-corrected chi connectivity index (χ0v) is 15.2. The van der Waals surface area contributed by atoms with Crippen molar-refractivity contribution in [1.29, 1.82) is 0 Å². The molecular weight excluding hydrogens is 335 g/mol. The lowest BCUT2D eigenvalue weighted by Gasteiger charge is -2.08. The van der Waals surface area contributed by atoms with Gasteiger partial charge in [-0.2, -0.15) is 4.99 Å². The Balaban J connectivity index is 2.12. The van der Waals surface area contributed by atoms with Crippen molar-refractivity contribution in [2.75, 3.05) is 0 Å². The van der Waals surface area contributed by atoms with Gasteiger partial charge in [-0.25, -0.2) is 4.39 Å². The second-order valence-electron chi connectivity index (χ2n) is 5.80. The molecule has 1 heterocycles. The molecule has 5 heteroatoms. The van der Waals surface area contributed by atoms with Crippen molar-refractivity contribution < 1.29 is 9.18 Å². The van der Waals surface area contributed by atoms with Crippen LogP contribution in [0.25, 0.3) is 11.3 Å². The molecule has 0 spiro atoms. The van der Waals surface area contributed by atoms with Crippen molar-refractivity contribution in [2.24, 2.45) is 4.99 Å². The smallest absolute Gasteiger partial charge is 0.282 e. The fourth-order valence-corrected chi connectivity index (χ4v) is 3.81. The van der Waals surface area contributed by atoms with Gasteiger partial charge in [-0.3, -0.25) is 4.79 Å². The number of nitrogens with zero attached hydrogens (tertiary/aromatic N) is 2. The van der Waals surface area contributed by atoms with Gasteiger partial charge in [0.1, 0.15) is 5.82 Å². The fourth-order valence-electron chi connectivity index (χ4n) is 2.75. The van der Waals surface area contributed by atoms with Gasteiger partial charge >= 0.3 is 0 Å². The molecule has 0 aliphatic heterocycles. The molecule has 0 N–H and O–H groups in total. The average Bonchev–Trinajstić information content (AvgIpc) is 2.91. The van der Waals surface area contributed by atoms with E-state index in [0.717, 1.165) is 16.1 Å². The third kappa shape index (κ3) is 3.46. The monoisotopic (exact) mass is 354 g/mol. The molecule has 25 heavy (non-hydrogen) atoms. The Morgan fingerprint density at radius 1 is 1.12 bits per heavy atom. The zero-order chi connectivity index (χ0) is 18.0. The van der Waals surface area contributed by atoms with Crippen LogP contribution in [-0.4, -0.2) is 10.5 Å². The van der Waals surface area contributed by atoms with Crippen LogP contribution in [0.3, 0.4) is 0 Å². The predicted molar refractivity (Wildman–Crippen MR) is 99.2 cm³/mol. The molecule has 128 valence electrons. The van der Waals surface area contributed by atoms with E-state index >= 15 is 0 Å². The number of aryl methyl sites for hydroxylation is 2. The minimum atomic E-state index is -0.558. The van der Waals surface area contributed by atoms with Gasteiger partial charge in [0.05, 0.1) is 11.3 Å². The Morgan fingerprint density at radius 2 is 1.80 bits per heavy atom. The number of rotatable bonds is 3. The van der Waals surface area contributed by atoms with Crippen LogP contribution in [0, 0.1) is 19.7 Å².